The predicted molar refractivity (Wildman–Crippen MR) is 110 cm³/mol. The highest BCUT2D eigenvalue weighted by molar-refractivity contribution is 7.54. The number of ether oxygens (including phenoxy) is 1. The van der Waals surface area contributed by atoms with Crippen molar-refractivity contribution in [1.82, 2.24) is 15.5 Å². The molecule has 182 valence electrons. The first-order valence-corrected chi connectivity index (χ1v) is 12.0. The maximum Gasteiger partial charge on any atom is 0.359 e. The molecule has 0 aromatic carbocycles. The minimum atomic E-state index is -4.48. The molecule has 11 nitrogen and oxygen atoms in total. The van der Waals surface area contributed by atoms with Gasteiger partial charge in [-0.15, -0.1) is 0 Å². The Morgan fingerprint density at radius 1 is 1.28 bits per heavy atom. The Balaban J connectivity index is 1.78. The van der Waals surface area contributed by atoms with Crippen LogP contribution in [0, 0.1) is 0 Å². The number of urea groups is 1. The van der Waals surface area contributed by atoms with Gasteiger partial charge in [0.05, 0.1) is 11.7 Å². The molecule has 1 fully saturated rings. The van der Waals surface area contributed by atoms with E-state index in [0.717, 1.165) is 11.1 Å². The number of nitrogens with zero attached hydrogens (tertiary/aromatic N) is 1. The molecule has 3 aliphatic rings. The van der Waals surface area contributed by atoms with Crippen molar-refractivity contribution in [3.63, 3.8) is 0 Å². The minimum Gasteiger partial charge on any atom is -0.388 e. The van der Waals surface area contributed by atoms with Gasteiger partial charge in [-0.25, -0.2) is 9.18 Å². The summed E-state index contributed by atoms with van der Waals surface area (Å²) < 4.78 is 37.8. The first kappa shape index (κ1) is 25.1. The molecule has 0 spiro atoms. The van der Waals surface area contributed by atoms with Crippen molar-refractivity contribution in [3.8, 4) is 0 Å². The molecule has 2 amide bonds. The molecule has 8 unspecified atom stereocenters. The van der Waals surface area contributed by atoms with E-state index in [9.17, 15) is 34.0 Å². The van der Waals surface area contributed by atoms with Gasteiger partial charge in [-0.1, -0.05) is 13.8 Å². The van der Waals surface area contributed by atoms with Gasteiger partial charge in [-0.05, 0) is 26.7 Å². The lowest BCUT2D eigenvalue weighted by Crippen LogP contribution is -2.56. The first-order chi connectivity index (χ1) is 14.7. The van der Waals surface area contributed by atoms with Crippen molar-refractivity contribution in [2.75, 3.05) is 0 Å². The Morgan fingerprint density at radius 3 is 2.53 bits per heavy atom. The predicted octanol–water partition coefficient (Wildman–Crippen LogP) is 0.962. The van der Waals surface area contributed by atoms with E-state index in [1.807, 2.05) is 0 Å². The first-order valence-electron chi connectivity index (χ1n) is 10.5. The summed E-state index contributed by atoms with van der Waals surface area (Å²) in [4.78, 5) is 23.7. The van der Waals surface area contributed by atoms with Gasteiger partial charge < -0.3 is 40.1 Å². The third-order valence-corrected chi connectivity index (χ3v) is 8.58. The van der Waals surface area contributed by atoms with E-state index in [2.05, 4.69) is 10.6 Å². The molecule has 6 N–H and O–H groups in total. The number of carbonyl (C=O) groups is 1. The van der Waals surface area contributed by atoms with E-state index in [1.165, 1.54) is 20.0 Å². The second-order valence-corrected chi connectivity index (χ2v) is 11.0. The molecular weight excluding hydrogens is 448 g/mol. The van der Waals surface area contributed by atoms with Crippen molar-refractivity contribution in [2.45, 2.75) is 88.6 Å². The number of nitrogens with one attached hydrogen (secondary N) is 2. The van der Waals surface area contributed by atoms with Crippen LogP contribution in [0.3, 0.4) is 0 Å². The van der Waals surface area contributed by atoms with Crippen molar-refractivity contribution in [2.24, 2.45) is 0 Å². The number of amides is 2. The topological polar surface area (TPSA) is 161 Å². The zero-order chi connectivity index (χ0) is 24.1. The lowest BCUT2D eigenvalue weighted by molar-refractivity contribution is -0.0786. The number of aliphatic hydroxyl groups is 3. The van der Waals surface area contributed by atoms with E-state index in [4.69, 9.17) is 9.26 Å². The van der Waals surface area contributed by atoms with Crippen LogP contribution >= 0.6 is 7.60 Å². The fourth-order valence-electron chi connectivity index (χ4n) is 3.71. The van der Waals surface area contributed by atoms with Crippen LogP contribution in [0.2, 0.25) is 0 Å². The SMILES string of the molecule is CCC(C)(CC1OC(N2C=C3C(F)=CNC3NC2=O)C(O)C1O)OP(=O)(O)C(C)(O)CC. The monoisotopic (exact) mass is 479 g/mol. The van der Waals surface area contributed by atoms with E-state index < -0.39 is 61.1 Å². The van der Waals surface area contributed by atoms with Crippen molar-refractivity contribution >= 4 is 13.6 Å². The van der Waals surface area contributed by atoms with Crippen LogP contribution in [0.4, 0.5) is 9.18 Å². The lowest BCUT2D eigenvalue weighted by atomic mass is 9.93. The molecule has 3 rings (SSSR count). The molecule has 0 aliphatic carbocycles. The normalized spacial score (nSPS) is 35.6. The van der Waals surface area contributed by atoms with Gasteiger partial charge in [0, 0.05) is 24.4 Å². The lowest BCUT2D eigenvalue weighted by Gasteiger charge is -2.37. The van der Waals surface area contributed by atoms with Crippen LogP contribution in [-0.4, -0.2) is 72.8 Å². The maximum absolute atomic E-state index is 14.0. The van der Waals surface area contributed by atoms with Gasteiger partial charge in [0.25, 0.3) is 0 Å². The molecule has 3 heterocycles. The highest BCUT2D eigenvalue weighted by atomic mass is 31.2. The Bertz CT molecular complexity index is 868. The number of hydrogen-bond acceptors (Lipinski definition) is 8. The van der Waals surface area contributed by atoms with Crippen molar-refractivity contribution < 1.29 is 43.2 Å². The summed E-state index contributed by atoms with van der Waals surface area (Å²) in [5, 5.41) is 34.5. The van der Waals surface area contributed by atoms with Gasteiger partial charge in [0.15, 0.2) is 11.6 Å². The third kappa shape index (κ3) is 4.45. The largest absolute Gasteiger partial charge is 0.388 e. The number of rotatable bonds is 8. The Kier molecular flexibility index (Phi) is 6.81. The third-order valence-electron chi connectivity index (χ3n) is 6.36. The molecule has 8 atom stereocenters. The Hall–Kier alpha value is -1.53. The zero-order valence-corrected chi connectivity index (χ0v) is 19.3. The Morgan fingerprint density at radius 2 is 1.94 bits per heavy atom. The van der Waals surface area contributed by atoms with Gasteiger partial charge >= 0.3 is 13.6 Å². The molecule has 1 saturated heterocycles. The zero-order valence-electron chi connectivity index (χ0n) is 18.4. The van der Waals surface area contributed by atoms with Crippen LogP contribution in [0.15, 0.2) is 23.8 Å². The van der Waals surface area contributed by atoms with Gasteiger partial charge in [0.1, 0.15) is 24.2 Å². The van der Waals surface area contributed by atoms with Gasteiger partial charge in [-0.2, -0.15) is 0 Å². The quantitative estimate of drug-likeness (QED) is 0.279. The molecule has 3 aliphatic heterocycles. The number of halogens is 1. The highest BCUT2D eigenvalue weighted by Gasteiger charge is 2.52. The van der Waals surface area contributed by atoms with E-state index in [-0.39, 0.29) is 24.8 Å². The standard InChI is InChI=1S/C19H31FN3O8P/c1-5-18(3,31-32(28,29)19(4,27)6-2)7-12-13(24)14(25)16(30-12)23-9-10-11(20)8-21-15(10)22-17(23)26/h8-9,12-16,21,24-25,27H,5-7H2,1-4H3,(H,22,26)(H,28,29). The fourth-order valence-corrected chi connectivity index (χ4v) is 5.11. The molecule has 0 bridgehead atoms. The molecule has 0 aromatic heterocycles. The second-order valence-electron chi connectivity index (χ2n) is 8.77. The van der Waals surface area contributed by atoms with E-state index in [0.29, 0.717) is 0 Å². The van der Waals surface area contributed by atoms with Gasteiger partial charge in [-0.3, -0.25) is 9.46 Å². The fraction of sp³-hybridized carbons (Fsp3) is 0.737. The second kappa shape index (κ2) is 8.68. The summed E-state index contributed by atoms with van der Waals surface area (Å²) in [5.74, 6) is -0.585. The summed E-state index contributed by atoms with van der Waals surface area (Å²) in [6.07, 6.45) is -3.72. The molecule has 13 heteroatoms. The van der Waals surface area contributed by atoms with Crippen LogP contribution in [0.25, 0.3) is 0 Å². The smallest absolute Gasteiger partial charge is 0.359 e. The van der Waals surface area contributed by atoms with Gasteiger partial charge in [0.2, 0.25) is 0 Å². The van der Waals surface area contributed by atoms with Crippen LogP contribution < -0.4 is 10.6 Å². The van der Waals surface area contributed by atoms with Crippen LogP contribution in [-0.2, 0) is 13.8 Å². The summed E-state index contributed by atoms with van der Waals surface area (Å²) in [6.45, 7) is 5.97. The molecule has 0 radical (unpaired) electrons. The summed E-state index contributed by atoms with van der Waals surface area (Å²) in [7, 11) is -4.48. The summed E-state index contributed by atoms with van der Waals surface area (Å²) >= 11 is 0. The average molecular weight is 479 g/mol. The number of hydrogen-bond donors (Lipinski definition) is 6. The van der Waals surface area contributed by atoms with Crippen LogP contribution in [0.1, 0.15) is 47.0 Å². The minimum absolute atomic E-state index is 0.0243. The molecule has 0 aromatic rings. The number of fused-ring (bicyclic) bond motifs is 1. The summed E-state index contributed by atoms with van der Waals surface area (Å²) in [5.41, 5.74) is -1.16. The summed E-state index contributed by atoms with van der Waals surface area (Å²) in [6, 6.07) is -0.667. The molecule has 32 heavy (non-hydrogen) atoms. The average Bonchev–Trinajstić information content (AvgIpc) is 3.20. The highest BCUT2D eigenvalue weighted by Crippen LogP contribution is 2.59. The number of aliphatic hydroxyl groups excluding tert-OH is 2. The number of carbonyl (C=O) groups excluding carboxylic acids is 1. The molecule has 0 saturated carbocycles. The van der Waals surface area contributed by atoms with Crippen LogP contribution in [0.5, 0.6) is 0 Å². The van der Waals surface area contributed by atoms with E-state index in [1.54, 1.807) is 13.8 Å². The Labute approximate surface area is 185 Å². The maximum atomic E-state index is 14.0. The van der Waals surface area contributed by atoms with Crippen molar-refractivity contribution in [3.05, 3.63) is 23.8 Å². The van der Waals surface area contributed by atoms with Crippen molar-refractivity contribution in [1.29, 1.82) is 0 Å². The van der Waals surface area contributed by atoms with E-state index >= 15 is 0 Å². The molecular formula is C19H31FN3O8P.